The predicted octanol–water partition coefficient (Wildman–Crippen LogP) is 7.26. The highest BCUT2D eigenvalue weighted by Gasteiger charge is 2.29. The van der Waals surface area contributed by atoms with Crippen LogP contribution < -0.4 is 9.75 Å². The van der Waals surface area contributed by atoms with E-state index in [2.05, 4.69) is 118 Å². The van der Waals surface area contributed by atoms with Crippen LogP contribution in [0.25, 0.3) is 49.0 Å². The minimum Gasteiger partial charge on any atom is -0.308 e. The van der Waals surface area contributed by atoms with Crippen molar-refractivity contribution in [2.24, 2.45) is 12.5 Å². The summed E-state index contributed by atoms with van der Waals surface area (Å²) in [5.41, 5.74) is 8.54. The molecule has 3 heteroatoms. The first kappa shape index (κ1) is 21.6. The molecule has 0 saturated heterocycles. The minimum atomic E-state index is -1.62. The van der Waals surface area contributed by atoms with Crippen LogP contribution in [0.4, 0.5) is 0 Å². The zero-order chi connectivity index (χ0) is 24.2. The second-order valence-corrected chi connectivity index (χ2v) is 17.6. The molecule has 2 nitrogen and oxygen atoms in total. The molecule has 0 aliphatic heterocycles. The Morgan fingerprint density at radius 2 is 1.59 bits per heavy atom. The summed E-state index contributed by atoms with van der Waals surface area (Å²) in [6.45, 7) is 16.7. The van der Waals surface area contributed by atoms with Gasteiger partial charge in [0.2, 0.25) is 5.52 Å². The van der Waals surface area contributed by atoms with Crippen molar-refractivity contribution in [2.45, 2.75) is 53.8 Å². The fourth-order valence-electron chi connectivity index (χ4n) is 6.08. The number of hydrogen-bond donors (Lipinski definition) is 0. The number of rotatable bonds is 2. The van der Waals surface area contributed by atoms with Crippen LogP contribution in [0.3, 0.4) is 0 Å². The van der Waals surface area contributed by atoms with Gasteiger partial charge in [-0.05, 0) is 46.5 Å². The zero-order valence-electron chi connectivity index (χ0n) is 21.8. The molecule has 0 saturated carbocycles. The summed E-state index contributed by atoms with van der Waals surface area (Å²) < 4.78 is 4.98. The van der Waals surface area contributed by atoms with E-state index >= 15 is 0 Å². The maximum atomic E-state index is 2.64. The highest BCUT2D eigenvalue weighted by atomic mass is 28.3. The van der Waals surface area contributed by atoms with Crippen LogP contribution in [0.2, 0.25) is 19.6 Å². The zero-order valence-corrected chi connectivity index (χ0v) is 22.8. The fraction of sp³-hybridized carbons (Fsp3) is 0.323. The second-order valence-electron chi connectivity index (χ2n) is 12.5. The van der Waals surface area contributed by atoms with Crippen molar-refractivity contribution >= 4 is 62.3 Å². The van der Waals surface area contributed by atoms with Crippen LogP contribution >= 0.6 is 0 Å². The molecule has 0 fully saturated rings. The maximum Gasteiger partial charge on any atom is 0.224 e. The van der Waals surface area contributed by atoms with Gasteiger partial charge in [0.25, 0.3) is 0 Å². The normalized spacial score (nSPS) is 13.4. The van der Waals surface area contributed by atoms with E-state index in [1.807, 2.05) is 0 Å². The highest BCUT2D eigenvalue weighted by molar-refractivity contribution is 6.90. The Labute approximate surface area is 203 Å². The summed E-state index contributed by atoms with van der Waals surface area (Å²) >= 11 is 0. The van der Waals surface area contributed by atoms with Crippen molar-refractivity contribution in [3.63, 3.8) is 0 Å². The van der Waals surface area contributed by atoms with Gasteiger partial charge in [0.1, 0.15) is 7.05 Å². The monoisotopic (exact) mass is 463 g/mol. The van der Waals surface area contributed by atoms with Crippen molar-refractivity contribution in [2.75, 3.05) is 0 Å². The van der Waals surface area contributed by atoms with E-state index in [0.29, 0.717) is 0 Å². The molecule has 0 aliphatic carbocycles. The Kier molecular flexibility index (Phi) is 4.34. The molecular weight excluding hydrogens is 428 g/mol. The van der Waals surface area contributed by atoms with Gasteiger partial charge in [0, 0.05) is 16.8 Å². The minimum absolute atomic E-state index is 0.257. The number of fused-ring (bicyclic) bond motifs is 5. The smallest absolute Gasteiger partial charge is 0.224 e. The summed E-state index contributed by atoms with van der Waals surface area (Å²) in [7, 11) is 0.590. The van der Waals surface area contributed by atoms with Crippen LogP contribution in [-0.2, 0) is 13.5 Å². The molecule has 0 amide bonds. The van der Waals surface area contributed by atoms with Crippen molar-refractivity contribution in [3.05, 3.63) is 65.9 Å². The van der Waals surface area contributed by atoms with Crippen LogP contribution in [0.5, 0.6) is 0 Å². The Hall–Kier alpha value is -2.91. The first-order chi connectivity index (χ1) is 16.0. The number of aromatic nitrogens is 2. The van der Waals surface area contributed by atoms with Crippen molar-refractivity contribution < 1.29 is 4.57 Å². The second kappa shape index (κ2) is 6.82. The number of hydrogen-bond acceptors (Lipinski definition) is 0. The van der Waals surface area contributed by atoms with E-state index < -0.39 is 8.07 Å². The van der Waals surface area contributed by atoms with E-state index in [9.17, 15) is 0 Å². The molecule has 0 unspecified atom stereocenters. The molecule has 0 radical (unpaired) electrons. The molecule has 34 heavy (non-hydrogen) atoms. The molecule has 0 bridgehead atoms. The highest BCUT2D eigenvalue weighted by Crippen LogP contribution is 2.41. The van der Waals surface area contributed by atoms with Crippen molar-refractivity contribution in [1.29, 1.82) is 0 Å². The largest absolute Gasteiger partial charge is 0.308 e. The van der Waals surface area contributed by atoms with Gasteiger partial charge in [-0.15, -0.1) is 0 Å². The molecule has 0 aliphatic rings. The van der Waals surface area contributed by atoms with Crippen LogP contribution in [0.1, 0.15) is 31.9 Å². The quantitative estimate of drug-likeness (QED) is 0.111. The van der Waals surface area contributed by atoms with Gasteiger partial charge in [-0.25, -0.2) is 4.57 Å². The van der Waals surface area contributed by atoms with E-state index in [4.69, 9.17) is 0 Å². The van der Waals surface area contributed by atoms with Gasteiger partial charge < -0.3 is 4.40 Å². The van der Waals surface area contributed by atoms with Gasteiger partial charge in [-0.2, -0.15) is 0 Å². The van der Waals surface area contributed by atoms with E-state index in [1.165, 1.54) is 60.1 Å². The molecule has 3 aromatic carbocycles. The molecule has 172 valence electrons. The average Bonchev–Trinajstić information content (AvgIpc) is 3.06. The number of benzene rings is 3. The molecule has 0 N–H and O–H groups in total. The lowest BCUT2D eigenvalue weighted by Crippen LogP contribution is -2.39. The van der Waals surface area contributed by atoms with E-state index in [1.54, 1.807) is 5.19 Å². The number of pyridine rings is 2. The van der Waals surface area contributed by atoms with Crippen molar-refractivity contribution in [3.8, 4) is 0 Å². The average molecular weight is 464 g/mol. The molecule has 6 rings (SSSR count). The first-order valence-electron chi connectivity index (χ1n) is 12.5. The maximum absolute atomic E-state index is 2.64. The van der Waals surface area contributed by atoms with Crippen LogP contribution in [0, 0.1) is 12.3 Å². The Bertz CT molecular complexity index is 1760. The number of aryl methyl sites for hydroxylation is 2. The number of nitrogens with zero attached hydrogens (tertiary/aromatic N) is 2. The molecular formula is C31H35N2Si+. The summed E-state index contributed by atoms with van der Waals surface area (Å²) in [6.07, 6.45) is 3.31. The van der Waals surface area contributed by atoms with Crippen LogP contribution in [-0.4, -0.2) is 12.5 Å². The van der Waals surface area contributed by atoms with E-state index in [0.717, 1.165) is 6.42 Å². The molecule has 3 aromatic heterocycles. The van der Waals surface area contributed by atoms with Gasteiger partial charge in [0.15, 0.2) is 6.20 Å². The predicted molar refractivity (Wildman–Crippen MR) is 151 cm³/mol. The lowest BCUT2D eigenvalue weighted by molar-refractivity contribution is -0.643. The Morgan fingerprint density at radius 3 is 2.29 bits per heavy atom. The van der Waals surface area contributed by atoms with Crippen LogP contribution in [0.15, 0.2) is 54.7 Å². The third-order valence-electron chi connectivity index (χ3n) is 7.48. The van der Waals surface area contributed by atoms with Gasteiger partial charge in [0.05, 0.1) is 35.4 Å². The summed E-state index contributed by atoms with van der Waals surface area (Å²) in [4.78, 5) is 0. The third-order valence-corrected chi connectivity index (χ3v) is 9.50. The fourth-order valence-corrected chi connectivity index (χ4v) is 7.61. The van der Waals surface area contributed by atoms with Crippen molar-refractivity contribution in [1.82, 2.24) is 4.40 Å². The third kappa shape index (κ3) is 2.96. The summed E-state index contributed by atoms with van der Waals surface area (Å²) in [5.74, 6) is 0. The molecule has 3 heterocycles. The standard InChI is InChI=1S/C31H35N2Si/c1-19-9-12-23-22-13-10-20(18-31(2,3)4)17-24(22)33-28(23)26(19)30-27-21(15-16-32(30)5)11-14-25(29(27)33)34(6,7)8/h9-17H,18H2,1-8H3/q+1. The van der Waals surface area contributed by atoms with Gasteiger partial charge in [-0.1, -0.05) is 76.8 Å². The Balaban J connectivity index is 1.98. The Morgan fingerprint density at radius 1 is 0.853 bits per heavy atom. The first-order valence-corrected chi connectivity index (χ1v) is 16.0. The molecule has 6 aromatic rings. The summed E-state index contributed by atoms with van der Waals surface area (Å²) in [6, 6.07) is 18.9. The van der Waals surface area contributed by atoms with E-state index in [-0.39, 0.29) is 5.41 Å². The topological polar surface area (TPSA) is 8.29 Å². The van der Waals surface area contributed by atoms with Gasteiger partial charge >= 0.3 is 0 Å². The lowest BCUT2D eigenvalue weighted by Gasteiger charge is -2.22. The SMILES string of the molecule is Cc1ccc2c3ccc(CC(C)(C)C)cc3n3c4c([Si](C)(C)C)ccc5cc[n+](C)c(c1c23)c54. The van der Waals surface area contributed by atoms with Gasteiger partial charge in [-0.3, -0.25) is 0 Å². The molecule has 0 spiro atoms. The summed E-state index contributed by atoms with van der Waals surface area (Å²) in [5, 5.41) is 8.40. The molecule has 0 atom stereocenters. The lowest BCUT2D eigenvalue weighted by atomic mass is 9.88.